The normalized spacial score (nSPS) is 14.3. The van der Waals surface area contributed by atoms with Gasteiger partial charge in [0.15, 0.2) is 17.3 Å². The molecule has 0 N–H and O–H groups in total. The molecule has 19 heavy (non-hydrogen) atoms. The standard InChI is InChI=1S/C15H18O4/c1-17-14-6-5-11(9-15(14)18-2)8-13(16)12-4-3-7-19-10-12/h5-6,9-10H,3-4,7-8H2,1-2H3. The highest BCUT2D eigenvalue weighted by atomic mass is 16.5. The van der Waals surface area contributed by atoms with E-state index in [9.17, 15) is 4.79 Å². The minimum Gasteiger partial charge on any atom is -0.501 e. The third-order valence-electron chi connectivity index (χ3n) is 3.10. The summed E-state index contributed by atoms with van der Waals surface area (Å²) in [7, 11) is 3.17. The molecule has 0 bridgehead atoms. The lowest BCUT2D eigenvalue weighted by Crippen LogP contribution is -2.11. The molecule has 2 rings (SSSR count). The van der Waals surface area contributed by atoms with Crippen LogP contribution in [0.5, 0.6) is 11.5 Å². The van der Waals surface area contributed by atoms with Crippen LogP contribution in [0.1, 0.15) is 18.4 Å². The molecular formula is C15H18O4. The number of allylic oxidation sites excluding steroid dienone is 1. The number of methoxy groups -OCH3 is 2. The van der Waals surface area contributed by atoms with Crippen molar-refractivity contribution in [3.63, 3.8) is 0 Å². The first-order valence-corrected chi connectivity index (χ1v) is 6.29. The van der Waals surface area contributed by atoms with E-state index in [0.717, 1.165) is 24.0 Å². The SMILES string of the molecule is COc1ccc(CC(=O)C2=COCCC2)cc1OC. The van der Waals surface area contributed by atoms with Crippen LogP contribution in [-0.4, -0.2) is 26.6 Å². The maximum atomic E-state index is 12.1. The molecule has 0 fully saturated rings. The predicted octanol–water partition coefficient (Wildman–Crippen LogP) is 2.51. The monoisotopic (exact) mass is 262 g/mol. The van der Waals surface area contributed by atoms with Gasteiger partial charge in [0, 0.05) is 12.0 Å². The quantitative estimate of drug-likeness (QED) is 0.818. The Bertz CT molecular complexity index is 491. The minimum atomic E-state index is 0.104. The van der Waals surface area contributed by atoms with Gasteiger partial charge in [0.2, 0.25) is 0 Å². The van der Waals surface area contributed by atoms with Gasteiger partial charge in [-0.1, -0.05) is 6.07 Å². The van der Waals surface area contributed by atoms with Crippen LogP contribution in [0.15, 0.2) is 30.0 Å². The van der Waals surface area contributed by atoms with Crippen LogP contribution in [0.4, 0.5) is 0 Å². The van der Waals surface area contributed by atoms with Gasteiger partial charge in [-0.15, -0.1) is 0 Å². The number of hydrogen-bond acceptors (Lipinski definition) is 4. The number of Topliss-reactive ketones (excluding diaryl/α,β-unsaturated/α-hetero) is 1. The van der Waals surface area contributed by atoms with Crippen LogP contribution in [0.3, 0.4) is 0 Å². The molecule has 0 radical (unpaired) electrons. The molecule has 1 aromatic rings. The van der Waals surface area contributed by atoms with Crippen molar-refractivity contribution < 1.29 is 19.0 Å². The van der Waals surface area contributed by atoms with Gasteiger partial charge in [-0.2, -0.15) is 0 Å². The highest BCUT2D eigenvalue weighted by Crippen LogP contribution is 2.28. The van der Waals surface area contributed by atoms with E-state index >= 15 is 0 Å². The van der Waals surface area contributed by atoms with E-state index < -0.39 is 0 Å². The molecule has 1 heterocycles. The van der Waals surface area contributed by atoms with E-state index in [-0.39, 0.29) is 5.78 Å². The number of carbonyl (C=O) groups is 1. The van der Waals surface area contributed by atoms with Crippen molar-refractivity contribution in [2.45, 2.75) is 19.3 Å². The number of ether oxygens (including phenoxy) is 3. The zero-order valence-electron chi connectivity index (χ0n) is 11.3. The molecule has 1 aliphatic heterocycles. The average molecular weight is 262 g/mol. The van der Waals surface area contributed by atoms with Crippen molar-refractivity contribution in [1.29, 1.82) is 0 Å². The molecule has 0 amide bonds. The molecule has 1 aromatic carbocycles. The second kappa shape index (κ2) is 6.27. The van der Waals surface area contributed by atoms with E-state index in [1.807, 2.05) is 18.2 Å². The van der Waals surface area contributed by atoms with Gasteiger partial charge in [-0.25, -0.2) is 0 Å². The number of ketones is 1. The molecule has 0 saturated carbocycles. The summed E-state index contributed by atoms with van der Waals surface area (Å²) in [5.74, 6) is 1.41. The third-order valence-corrected chi connectivity index (χ3v) is 3.10. The second-order valence-corrected chi connectivity index (χ2v) is 4.41. The lowest BCUT2D eigenvalue weighted by atomic mass is 9.99. The smallest absolute Gasteiger partial charge is 0.166 e. The van der Waals surface area contributed by atoms with Crippen LogP contribution < -0.4 is 9.47 Å². The summed E-state index contributed by atoms with van der Waals surface area (Å²) >= 11 is 0. The molecule has 0 spiro atoms. The van der Waals surface area contributed by atoms with Gasteiger partial charge in [0.05, 0.1) is 27.1 Å². The van der Waals surface area contributed by atoms with Crippen molar-refractivity contribution in [2.24, 2.45) is 0 Å². The molecule has 102 valence electrons. The van der Waals surface area contributed by atoms with E-state index in [2.05, 4.69) is 0 Å². The Morgan fingerprint density at radius 2 is 2.05 bits per heavy atom. The van der Waals surface area contributed by atoms with Gasteiger partial charge in [-0.3, -0.25) is 4.79 Å². The van der Waals surface area contributed by atoms with E-state index in [1.54, 1.807) is 20.5 Å². The van der Waals surface area contributed by atoms with Gasteiger partial charge in [0.1, 0.15) is 0 Å². The fourth-order valence-electron chi connectivity index (χ4n) is 2.06. The molecule has 0 atom stereocenters. The Kier molecular flexibility index (Phi) is 4.44. The maximum absolute atomic E-state index is 12.1. The summed E-state index contributed by atoms with van der Waals surface area (Å²) in [6.45, 7) is 0.702. The fraction of sp³-hybridized carbons (Fsp3) is 0.400. The van der Waals surface area contributed by atoms with Crippen molar-refractivity contribution >= 4 is 5.78 Å². The first-order chi connectivity index (χ1) is 9.24. The Morgan fingerprint density at radius 1 is 1.26 bits per heavy atom. The Labute approximate surface area is 113 Å². The molecule has 0 unspecified atom stereocenters. The number of rotatable bonds is 5. The number of benzene rings is 1. The molecule has 4 nitrogen and oxygen atoms in total. The predicted molar refractivity (Wildman–Crippen MR) is 71.5 cm³/mol. The highest BCUT2D eigenvalue weighted by Gasteiger charge is 2.15. The lowest BCUT2D eigenvalue weighted by Gasteiger charge is -2.13. The third kappa shape index (κ3) is 3.28. The molecule has 4 heteroatoms. The van der Waals surface area contributed by atoms with Crippen LogP contribution in [0.25, 0.3) is 0 Å². The molecule has 0 aromatic heterocycles. The van der Waals surface area contributed by atoms with Crippen molar-refractivity contribution in [1.82, 2.24) is 0 Å². The Balaban J connectivity index is 2.10. The summed E-state index contributed by atoms with van der Waals surface area (Å²) in [5.41, 5.74) is 1.68. The van der Waals surface area contributed by atoms with E-state index in [4.69, 9.17) is 14.2 Å². The summed E-state index contributed by atoms with van der Waals surface area (Å²) in [5, 5.41) is 0. The minimum absolute atomic E-state index is 0.104. The molecule has 0 saturated heterocycles. The van der Waals surface area contributed by atoms with Crippen LogP contribution in [-0.2, 0) is 16.0 Å². The Hall–Kier alpha value is -1.97. The summed E-state index contributed by atoms with van der Waals surface area (Å²) in [4.78, 5) is 12.1. The van der Waals surface area contributed by atoms with E-state index in [1.165, 1.54) is 0 Å². The maximum Gasteiger partial charge on any atom is 0.166 e. The highest BCUT2D eigenvalue weighted by molar-refractivity contribution is 5.96. The lowest BCUT2D eigenvalue weighted by molar-refractivity contribution is -0.115. The Morgan fingerprint density at radius 3 is 2.68 bits per heavy atom. The van der Waals surface area contributed by atoms with E-state index in [0.29, 0.717) is 24.5 Å². The number of carbonyl (C=O) groups excluding carboxylic acids is 1. The zero-order valence-corrected chi connectivity index (χ0v) is 11.3. The van der Waals surface area contributed by atoms with Gasteiger partial charge in [0.25, 0.3) is 0 Å². The molecular weight excluding hydrogens is 244 g/mol. The van der Waals surface area contributed by atoms with Crippen LogP contribution in [0, 0.1) is 0 Å². The average Bonchev–Trinajstić information content (AvgIpc) is 2.48. The van der Waals surface area contributed by atoms with Crippen LogP contribution in [0.2, 0.25) is 0 Å². The fourth-order valence-corrected chi connectivity index (χ4v) is 2.06. The zero-order chi connectivity index (χ0) is 13.7. The number of hydrogen-bond donors (Lipinski definition) is 0. The summed E-state index contributed by atoms with van der Waals surface area (Å²) < 4.78 is 15.6. The molecule has 1 aliphatic rings. The first-order valence-electron chi connectivity index (χ1n) is 6.29. The van der Waals surface area contributed by atoms with Crippen LogP contribution >= 0.6 is 0 Å². The summed E-state index contributed by atoms with van der Waals surface area (Å²) in [6, 6.07) is 5.53. The van der Waals surface area contributed by atoms with Gasteiger partial charge >= 0.3 is 0 Å². The topological polar surface area (TPSA) is 44.8 Å². The largest absolute Gasteiger partial charge is 0.501 e. The molecule has 0 aliphatic carbocycles. The summed E-state index contributed by atoms with van der Waals surface area (Å²) in [6.07, 6.45) is 3.65. The van der Waals surface area contributed by atoms with Crippen molar-refractivity contribution in [3.8, 4) is 11.5 Å². The van der Waals surface area contributed by atoms with Gasteiger partial charge < -0.3 is 14.2 Å². The van der Waals surface area contributed by atoms with Crippen molar-refractivity contribution in [3.05, 3.63) is 35.6 Å². The second-order valence-electron chi connectivity index (χ2n) is 4.41. The first kappa shape index (κ1) is 13.5. The van der Waals surface area contributed by atoms with Crippen molar-refractivity contribution in [2.75, 3.05) is 20.8 Å². The van der Waals surface area contributed by atoms with Gasteiger partial charge in [-0.05, 0) is 30.5 Å².